The lowest BCUT2D eigenvalue weighted by molar-refractivity contribution is 0.594. The molecule has 0 radical (unpaired) electrons. The van der Waals surface area contributed by atoms with E-state index in [1.807, 2.05) is 13.0 Å². The molecule has 29 heavy (non-hydrogen) atoms. The van der Waals surface area contributed by atoms with E-state index in [1.54, 1.807) is 13.0 Å². The van der Waals surface area contributed by atoms with E-state index in [4.69, 9.17) is 0 Å². The summed E-state index contributed by atoms with van der Waals surface area (Å²) in [6.45, 7) is 7.00. The summed E-state index contributed by atoms with van der Waals surface area (Å²) in [5, 5.41) is 15.4. The molecule has 2 heterocycles. The second-order valence-electron chi connectivity index (χ2n) is 7.30. The number of aryl methyl sites for hydroxylation is 3. The molecule has 2 aromatic rings. The number of rotatable bonds is 7. The highest BCUT2D eigenvalue weighted by Gasteiger charge is 2.14. The maximum absolute atomic E-state index is 13.4. The summed E-state index contributed by atoms with van der Waals surface area (Å²) >= 11 is 0. The molecule has 160 valence electrons. The maximum atomic E-state index is 13.4. The Morgan fingerprint density at radius 1 is 1.21 bits per heavy atom. The average molecular weight is 514 g/mol. The van der Waals surface area contributed by atoms with Crippen LogP contribution in [-0.4, -0.2) is 33.8 Å². The van der Waals surface area contributed by atoms with Gasteiger partial charge in [-0.1, -0.05) is 18.6 Å². The van der Waals surface area contributed by atoms with Crippen molar-refractivity contribution in [2.24, 2.45) is 4.99 Å². The van der Waals surface area contributed by atoms with Crippen molar-refractivity contribution >= 4 is 29.9 Å². The van der Waals surface area contributed by atoms with Gasteiger partial charge in [0, 0.05) is 32.5 Å². The van der Waals surface area contributed by atoms with Crippen LogP contribution in [-0.2, 0) is 25.9 Å². The highest BCUT2D eigenvalue weighted by molar-refractivity contribution is 14.0. The molecule has 0 atom stereocenters. The van der Waals surface area contributed by atoms with Crippen LogP contribution in [0.5, 0.6) is 0 Å². The van der Waals surface area contributed by atoms with Crippen molar-refractivity contribution in [1.82, 2.24) is 25.4 Å². The minimum atomic E-state index is -0.177. The fraction of sp³-hybridized carbons (Fsp3) is 0.571. The Labute approximate surface area is 189 Å². The number of nitrogens with one attached hydrogen (secondary N) is 2. The zero-order valence-corrected chi connectivity index (χ0v) is 19.7. The van der Waals surface area contributed by atoms with Gasteiger partial charge in [0.25, 0.3) is 0 Å². The lowest BCUT2D eigenvalue weighted by atomic mass is 10.1. The zero-order chi connectivity index (χ0) is 19.8. The van der Waals surface area contributed by atoms with Crippen LogP contribution in [0.4, 0.5) is 4.39 Å². The first kappa shape index (κ1) is 23.6. The normalized spacial score (nSPS) is 14.0. The molecule has 1 aromatic carbocycles. The van der Waals surface area contributed by atoms with Gasteiger partial charge in [0.05, 0.1) is 6.54 Å². The topological polar surface area (TPSA) is 67.1 Å². The van der Waals surface area contributed by atoms with Crippen molar-refractivity contribution < 1.29 is 4.39 Å². The maximum Gasteiger partial charge on any atom is 0.191 e. The summed E-state index contributed by atoms with van der Waals surface area (Å²) in [7, 11) is 0. The van der Waals surface area contributed by atoms with Gasteiger partial charge < -0.3 is 15.2 Å². The highest BCUT2D eigenvalue weighted by Crippen LogP contribution is 2.15. The lowest BCUT2D eigenvalue weighted by Crippen LogP contribution is -2.37. The second-order valence-corrected chi connectivity index (χ2v) is 7.30. The standard InChI is InChI=1S/C21H31FN6.HI/c1-3-23-21(25-15-17-10-11-18(22)16(2)14-17)24-12-7-9-20-27-26-19-8-5-4-6-13-28(19)20;/h10-11,14H,3-9,12-13,15H2,1-2H3,(H2,23,24,25);1H. The SMILES string of the molecule is CCNC(=NCc1ccc(F)c(C)c1)NCCCc1nnc2n1CCCCC2.I. The molecular formula is C21H32FIN6. The predicted molar refractivity (Wildman–Crippen MR) is 125 cm³/mol. The Kier molecular flexibility index (Phi) is 9.83. The molecule has 0 bridgehead atoms. The van der Waals surface area contributed by atoms with E-state index in [1.165, 1.54) is 25.3 Å². The van der Waals surface area contributed by atoms with Crippen molar-refractivity contribution in [1.29, 1.82) is 0 Å². The molecule has 1 aliphatic rings. The van der Waals surface area contributed by atoms with Crippen molar-refractivity contribution in [2.75, 3.05) is 13.1 Å². The lowest BCUT2D eigenvalue weighted by Gasteiger charge is -2.12. The Hall–Kier alpha value is -1.71. The van der Waals surface area contributed by atoms with E-state index in [2.05, 4.69) is 30.4 Å². The van der Waals surface area contributed by atoms with Gasteiger partial charge in [0.2, 0.25) is 0 Å². The van der Waals surface area contributed by atoms with Gasteiger partial charge in [-0.2, -0.15) is 0 Å². The Morgan fingerprint density at radius 3 is 2.86 bits per heavy atom. The Balaban J connectivity index is 0.00000300. The number of halogens is 2. The van der Waals surface area contributed by atoms with E-state index >= 15 is 0 Å². The molecule has 0 unspecified atom stereocenters. The first-order valence-corrected chi connectivity index (χ1v) is 10.4. The third-order valence-corrected chi connectivity index (χ3v) is 5.04. The van der Waals surface area contributed by atoms with Crippen LogP contribution in [0.25, 0.3) is 0 Å². The number of fused-ring (bicyclic) bond motifs is 1. The molecule has 0 spiro atoms. The predicted octanol–water partition coefficient (Wildman–Crippen LogP) is 3.76. The molecule has 0 fully saturated rings. The molecule has 2 N–H and O–H groups in total. The van der Waals surface area contributed by atoms with Crippen LogP contribution in [0.15, 0.2) is 23.2 Å². The number of hydrogen-bond acceptors (Lipinski definition) is 3. The minimum absolute atomic E-state index is 0. The van der Waals surface area contributed by atoms with Crippen molar-refractivity contribution in [3.05, 3.63) is 46.8 Å². The van der Waals surface area contributed by atoms with Crippen molar-refractivity contribution in [3.63, 3.8) is 0 Å². The fourth-order valence-corrected chi connectivity index (χ4v) is 3.50. The monoisotopic (exact) mass is 514 g/mol. The number of benzene rings is 1. The largest absolute Gasteiger partial charge is 0.357 e. The first-order valence-electron chi connectivity index (χ1n) is 10.4. The molecule has 0 amide bonds. The molecule has 8 heteroatoms. The minimum Gasteiger partial charge on any atom is -0.357 e. The van der Waals surface area contributed by atoms with Crippen LogP contribution < -0.4 is 10.6 Å². The van der Waals surface area contributed by atoms with Gasteiger partial charge in [0.15, 0.2) is 5.96 Å². The number of nitrogens with zero attached hydrogens (tertiary/aromatic N) is 4. The molecule has 3 rings (SSSR count). The van der Waals surface area contributed by atoms with E-state index < -0.39 is 0 Å². The summed E-state index contributed by atoms with van der Waals surface area (Å²) in [5.41, 5.74) is 1.65. The molecule has 1 aromatic heterocycles. The number of aromatic nitrogens is 3. The third-order valence-electron chi connectivity index (χ3n) is 5.04. The summed E-state index contributed by atoms with van der Waals surface area (Å²) < 4.78 is 15.7. The zero-order valence-electron chi connectivity index (χ0n) is 17.4. The molecule has 0 saturated heterocycles. The highest BCUT2D eigenvalue weighted by atomic mass is 127. The Bertz CT molecular complexity index is 804. The molecule has 1 aliphatic heterocycles. The van der Waals surface area contributed by atoms with E-state index in [-0.39, 0.29) is 29.8 Å². The summed E-state index contributed by atoms with van der Waals surface area (Å²) in [5.74, 6) is 2.85. The number of aliphatic imine (C=N–C) groups is 1. The summed E-state index contributed by atoms with van der Waals surface area (Å²) in [4.78, 5) is 4.61. The van der Waals surface area contributed by atoms with E-state index in [9.17, 15) is 4.39 Å². The van der Waals surface area contributed by atoms with Crippen LogP contribution in [0.1, 0.15) is 55.4 Å². The first-order chi connectivity index (χ1) is 13.7. The summed E-state index contributed by atoms with van der Waals surface area (Å²) in [6, 6.07) is 5.13. The summed E-state index contributed by atoms with van der Waals surface area (Å²) in [6.07, 6.45) is 6.65. The van der Waals surface area contributed by atoms with Crippen LogP contribution in [0, 0.1) is 12.7 Å². The van der Waals surface area contributed by atoms with Gasteiger partial charge in [-0.3, -0.25) is 0 Å². The number of guanidine groups is 1. The molecule has 6 nitrogen and oxygen atoms in total. The number of hydrogen-bond donors (Lipinski definition) is 2. The van der Waals surface area contributed by atoms with Crippen molar-refractivity contribution in [2.45, 2.75) is 65.5 Å². The molecular weight excluding hydrogens is 482 g/mol. The Morgan fingerprint density at radius 2 is 2.07 bits per heavy atom. The van der Waals surface area contributed by atoms with E-state index in [0.717, 1.165) is 62.1 Å². The fourth-order valence-electron chi connectivity index (χ4n) is 3.50. The van der Waals surface area contributed by atoms with Gasteiger partial charge in [-0.15, -0.1) is 34.2 Å². The molecule has 0 aliphatic carbocycles. The van der Waals surface area contributed by atoms with Gasteiger partial charge in [-0.05, 0) is 50.3 Å². The average Bonchev–Trinajstić information content (AvgIpc) is 2.92. The van der Waals surface area contributed by atoms with E-state index in [0.29, 0.717) is 12.1 Å². The van der Waals surface area contributed by atoms with Crippen LogP contribution >= 0.6 is 24.0 Å². The quantitative estimate of drug-likeness (QED) is 0.256. The smallest absolute Gasteiger partial charge is 0.191 e. The van der Waals surface area contributed by atoms with Gasteiger partial charge in [-0.25, -0.2) is 9.38 Å². The van der Waals surface area contributed by atoms with Crippen LogP contribution in [0.2, 0.25) is 0 Å². The van der Waals surface area contributed by atoms with Gasteiger partial charge in [0.1, 0.15) is 17.5 Å². The molecule has 0 saturated carbocycles. The van der Waals surface area contributed by atoms with Crippen molar-refractivity contribution in [3.8, 4) is 0 Å². The second kappa shape index (κ2) is 12.1. The van der Waals surface area contributed by atoms with Crippen LogP contribution in [0.3, 0.4) is 0 Å². The van der Waals surface area contributed by atoms with Gasteiger partial charge >= 0.3 is 0 Å². The third kappa shape index (κ3) is 6.94.